The van der Waals surface area contributed by atoms with Crippen LogP contribution < -0.4 is 0 Å². The first-order valence-corrected chi connectivity index (χ1v) is 13.8. The maximum Gasteiger partial charge on any atom is 2.00 e. The summed E-state index contributed by atoms with van der Waals surface area (Å²) in [5, 5.41) is 2.98. The topological polar surface area (TPSA) is 0 Å². The van der Waals surface area contributed by atoms with Gasteiger partial charge in [-0.1, -0.05) is 39.3 Å². The molecule has 0 radical (unpaired) electrons. The van der Waals surface area contributed by atoms with Crippen molar-refractivity contribution in [1.82, 2.24) is 0 Å². The fraction of sp³-hybridized carbons (Fsp3) is 0.500. The van der Waals surface area contributed by atoms with E-state index in [0.717, 1.165) is 12.8 Å². The van der Waals surface area contributed by atoms with Gasteiger partial charge in [-0.2, -0.15) is 12.2 Å². The predicted octanol–water partition coefficient (Wildman–Crippen LogP) is 5.53. The zero-order chi connectivity index (χ0) is 13.8. The molecule has 0 bridgehead atoms. The van der Waals surface area contributed by atoms with Crippen molar-refractivity contribution in [1.29, 1.82) is 0 Å². The number of rotatable bonds is 2. The molecule has 0 fully saturated rings. The van der Waals surface area contributed by atoms with E-state index >= 15 is 0 Å². The molecule has 0 nitrogen and oxygen atoms in total. The van der Waals surface area contributed by atoms with Crippen LogP contribution in [0.2, 0.25) is 39.3 Å². The summed E-state index contributed by atoms with van der Waals surface area (Å²) >= 11 is 0. The smallest absolute Gasteiger partial charge is 0.274 e. The maximum atomic E-state index is 3.36. The van der Waals surface area contributed by atoms with Gasteiger partial charge in [0.25, 0.3) is 0 Å². The maximum absolute atomic E-state index is 3.36. The first-order chi connectivity index (χ1) is 8.21. The van der Waals surface area contributed by atoms with E-state index in [1.165, 1.54) is 10.4 Å². The molecule has 2 rings (SSSR count). The van der Waals surface area contributed by atoms with Crippen LogP contribution in [0.4, 0.5) is 0 Å². The molecule has 0 aromatic heterocycles. The Hall–Kier alpha value is 0.567. The van der Waals surface area contributed by atoms with E-state index in [-0.39, 0.29) is 38.6 Å². The van der Waals surface area contributed by atoms with Crippen molar-refractivity contribution < 1.29 is 26.2 Å². The molecule has 0 N–H and O–H groups in total. The summed E-state index contributed by atoms with van der Waals surface area (Å²) in [6, 6.07) is 0. The third-order valence-corrected chi connectivity index (χ3v) is 6.92. The van der Waals surface area contributed by atoms with E-state index in [0.29, 0.717) is 0 Å². The summed E-state index contributed by atoms with van der Waals surface area (Å²) < 4.78 is 0. The molecule has 4 heteroatoms. The molecule has 0 amide bonds. The van der Waals surface area contributed by atoms with Crippen LogP contribution in [0.3, 0.4) is 0 Å². The van der Waals surface area contributed by atoms with Gasteiger partial charge in [0, 0.05) is 16.1 Å². The van der Waals surface area contributed by atoms with E-state index in [1.54, 1.807) is 0 Å². The van der Waals surface area contributed by atoms with E-state index in [1.807, 2.05) is 0 Å². The molecule has 0 unspecified atom stereocenters. The van der Waals surface area contributed by atoms with Crippen LogP contribution in [0.1, 0.15) is 12.8 Å². The SMILES string of the molecule is C[Si](C)(C)C1=[C-]CC=C1.C[Si](C)(C)C1=[C-]CC=C1.Cl.[Zr+2]. The standard InChI is InChI=1S/2C8H13Si.ClH.Zr/c2*1-9(2,3)8-6-4-5-7-8;;/h2*4,6H,5H2,1-3H3;1H;/q2*-1;;+2. The fourth-order valence-electron chi connectivity index (χ4n) is 1.84. The molecule has 110 valence electrons. The number of hydrogen-bond donors (Lipinski definition) is 0. The number of halogens is 1. The zero-order valence-corrected chi connectivity index (χ0v) is 18.9. The summed E-state index contributed by atoms with van der Waals surface area (Å²) in [6.07, 6.45) is 17.6. The number of hydrogen-bond acceptors (Lipinski definition) is 0. The van der Waals surface area contributed by atoms with Gasteiger partial charge in [-0.15, -0.1) is 25.2 Å². The van der Waals surface area contributed by atoms with Crippen molar-refractivity contribution in [3.8, 4) is 0 Å². The monoisotopic (exact) mass is 400 g/mol. The zero-order valence-electron chi connectivity index (χ0n) is 13.6. The number of allylic oxidation sites excluding steroid dienone is 8. The van der Waals surface area contributed by atoms with Crippen LogP contribution >= 0.6 is 12.4 Å². The van der Waals surface area contributed by atoms with Gasteiger partial charge in [0.1, 0.15) is 0 Å². The van der Waals surface area contributed by atoms with Gasteiger partial charge >= 0.3 is 26.2 Å². The first-order valence-electron chi connectivity index (χ1n) is 6.77. The largest absolute Gasteiger partial charge is 2.00 e. The van der Waals surface area contributed by atoms with Crippen LogP contribution in [0.25, 0.3) is 0 Å². The Morgan fingerprint density at radius 1 is 0.750 bits per heavy atom. The summed E-state index contributed by atoms with van der Waals surface area (Å²) in [5.74, 6) is 0. The Balaban J connectivity index is 0. The summed E-state index contributed by atoms with van der Waals surface area (Å²) in [6.45, 7) is 14.1. The van der Waals surface area contributed by atoms with Crippen molar-refractivity contribution in [2.75, 3.05) is 0 Å². The van der Waals surface area contributed by atoms with Crippen molar-refractivity contribution in [2.45, 2.75) is 52.1 Å². The second-order valence-corrected chi connectivity index (χ2v) is 17.0. The van der Waals surface area contributed by atoms with Crippen molar-refractivity contribution >= 4 is 28.6 Å². The van der Waals surface area contributed by atoms with Gasteiger partial charge in [-0.3, -0.25) is 12.2 Å². The minimum Gasteiger partial charge on any atom is -0.274 e. The van der Waals surface area contributed by atoms with Crippen LogP contribution in [0.5, 0.6) is 0 Å². The molecular formula is C16H27ClSi2Zr. The van der Waals surface area contributed by atoms with Crippen molar-refractivity contribution in [3.63, 3.8) is 0 Å². The van der Waals surface area contributed by atoms with Gasteiger partial charge < -0.3 is 0 Å². The molecule has 0 aromatic rings. The second kappa shape index (κ2) is 9.56. The van der Waals surface area contributed by atoms with Gasteiger partial charge in [-0.25, -0.2) is 22.5 Å². The van der Waals surface area contributed by atoms with E-state index in [9.17, 15) is 0 Å². The van der Waals surface area contributed by atoms with Gasteiger partial charge in [0.15, 0.2) is 0 Å². The fourth-order valence-corrected chi connectivity index (χ4v) is 4.34. The van der Waals surface area contributed by atoms with Gasteiger partial charge in [0.2, 0.25) is 0 Å². The van der Waals surface area contributed by atoms with Crippen LogP contribution in [-0.4, -0.2) is 16.1 Å². The average molecular weight is 402 g/mol. The van der Waals surface area contributed by atoms with Crippen LogP contribution in [0.15, 0.2) is 34.7 Å². The van der Waals surface area contributed by atoms with Gasteiger partial charge in [-0.05, 0) is 0 Å². The molecule has 0 saturated carbocycles. The van der Waals surface area contributed by atoms with E-state index in [2.05, 4.69) is 75.7 Å². The average Bonchev–Trinajstić information content (AvgIpc) is 2.91. The Bertz CT molecular complexity index is 367. The Labute approximate surface area is 153 Å². The first kappa shape index (κ1) is 22.8. The Kier molecular flexibility index (Phi) is 10.9. The Morgan fingerprint density at radius 2 is 1.05 bits per heavy atom. The minimum atomic E-state index is -1.01. The van der Waals surface area contributed by atoms with Crippen LogP contribution in [-0.2, 0) is 26.2 Å². The molecule has 0 spiro atoms. The second-order valence-electron chi connectivity index (χ2n) is 6.89. The molecule has 0 aliphatic heterocycles. The summed E-state index contributed by atoms with van der Waals surface area (Å²) in [7, 11) is -2.01. The van der Waals surface area contributed by atoms with Crippen LogP contribution in [0, 0.1) is 12.2 Å². The van der Waals surface area contributed by atoms with E-state index < -0.39 is 16.1 Å². The van der Waals surface area contributed by atoms with Crippen molar-refractivity contribution in [3.05, 3.63) is 46.8 Å². The molecular weight excluding hydrogens is 375 g/mol. The molecule has 0 heterocycles. The summed E-state index contributed by atoms with van der Waals surface area (Å²) in [5.41, 5.74) is 0. The molecule has 20 heavy (non-hydrogen) atoms. The summed E-state index contributed by atoms with van der Waals surface area (Å²) in [4.78, 5) is 0. The third kappa shape index (κ3) is 8.12. The van der Waals surface area contributed by atoms with E-state index in [4.69, 9.17) is 0 Å². The molecule has 2 aliphatic rings. The molecule has 0 saturated heterocycles. The normalized spacial score (nSPS) is 16.5. The van der Waals surface area contributed by atoms with Crippen molar-refractivity contribution in [2.24, 2.45) is 0 Å². The quantitative estimate of drug-likeness (QED) is 0.421. The Morgan fingerprint density at radius 3 is 1.15 bits per heavy atom. The van der Waals surface area contributed by atoms with Gasteiger partial charge in [0.05, 0.1) is 0 Å². The third-order valence-electron chi connectivity index (χ3n) is 3.01. The minimum absolute atomic E-state index is 0. The molecule has 0 atom stereocenters. The predicted molar refractivity (Wildman–Crippen MR) is 95.0 cm³/mol. The molecule has 2 aliphatic carbocycles. The molecule has 0 aromatic carbocycles.